The van der Waals surface area contributed by atoms with Crippen molar-refractivity contribution in [3.05, 3.63) is 73.9 Å². The topological polar surface area (TPSA) is 139 Å². The Labute approximate surface area is 371 Å². The number of nitrogens with zero attached hydrogens (tertiary/aromatic N) is 10. The van der Waals surface area contributed by atoms with Gasteiger partial charge >= 0.3 is 12.4 Å². The molecule has 0 radical (unpaired) electrons. The van der Waals surface area contributed by atoms with Crippen molar-refractivity contribution < 1.29 is 36.2 Å². The van der Waals surface area contributed by atoms with Crippen LogP contribution in [0.1, 0.15) is 58.1 Å². The lowest BCUT2D eigenvalue weighted by Crippen LogP contribution is -2.39. The number of pyridine rings is 2. The molecule has 2 aliphatic rings. The lowest BCUT2D eigenvalue weighted by molar-refractivity contribution is -0.138. The van der Waals surface area contributed by atoms with Crippen LogP contribution in [0.5, 0.6) is 5.19 Å². The number of rotatable bonds is 6. The van der Waals surface area contributed by atoms with E-state index in [1.807, 2.05) is 41.0 Å². The van der Waals surface area contributed by atoms with Gasteiger partial charge in [-0.25, -0.2) is 39.9 Å². The second-order valence-electron chi connectivity index (χ2n) is 13.6. The summed E-state index contributed by atoms with van der Waals surface area (Å²) in [6.07, 6.45) is -2.68. The van der Waals surface area contributed by atoms with Crippen molar-refractivity contribution in [2.75, 3.05) is 36.0 Å². The average molecular weight is 1030 g/mol. The Kier molecular flexibility index (Phi) is 16.2. The highest BCUT2D eigenvalue weighted by atomic mass is 79.9. The van der Waals surface area contributed by atoms with Crippen LogP contribution < -0.4 is 14.5 Å². The second-order valence-corrected chi connectivity index (χ2v) is 17.7. The largest absolute Gasteiger partial charge is 0.467 e. The van der Waals surface area contributed by atoms with Gasteiger partial charge in [0.15, 0.2) is 4.47 Å². The highest BCUT2D eigenvalue weighted by molar-refractivity contribution is 9.10. The Morgan fingerprint density at radius 2 is 1.10 bits per heavy atom. The van der Waals surface area contributed by atoms with Crippen LogP contribution in [0.2, 0.25) is 4.47 Å². The van der Waals surface area contributed by atoms with Crippen molar-refractivity contribution in [1.29, 1.82) is 0 Å². The lowest BCUT2D eigenvalue weighted by Gasteiger charge is -2.34. The maximum atomic E-state index is 12.7. The number of hydrogen-bond acceptors (Lipinski definition) is 14. The van der Waals surface area contributed by atoms with Gasteiger partial charge in [0.1, 0.15) is 36.0 Å². The first-order valence-corrected chi connectivity index (χ1v) is 21.7. The van der Waals surface area contributed by atoms with Crippen LogP contribution in [0, 0.1) is 11.8 Å². The number of aromatic nitrogens is 8. The summed E-state index contributed by atoms with van der Waals surface area (Å²) in [5.41, 5.74) is -0.0245. The fourth-order valence-corrected chi connectivity index (χ4v) is 8.96. The van der Waals surface area contributed by atoms with Gasteiger partial charge in [-0.05, 0) is 107 Å². The molecule has 23 heteroatoms. The Bertz CT molecular complexity index is 2290. The van der Waals surface area contributed by atoms with Gasteiger partial charge in [-0.2, -0.15) is 26.3 Å². The molecule has 12 nitrogen and oxygen atoms in total. The molecule has 0 spiro atoms. The summed E-state index contributed by atoms with van der Waals surface area (Å²) in [5.74, 6) is 1.20. The second kappa shape index (κ2) is 20.5. The third-order valence-corrected chi connectivity index (χ3v) is 12.4. The Morgan fingerprint density at radius 1 is 0.683 bits per heavy atom. The van der Waals surface area contributed by atoms with Crippen LogP contribution in [-0.4, -0.2) is 83.4 Å². The molecule has 2 atom stereocenters. The van der Waals surface area contributed by atoms with Gasteiger partial charge in [0, 0.05) is 51.0 Å². The van der Waals surface area contributed by atoms with Crippen LogP contribution in [0.4, 0.5) is 38.2 Å². The van der Waals surface area contributed by atoms with Gasteiger partial charge in [-0.1, -0.05) is 41.7 Å². The monoisotopic (exact) mass is 1030 g/mol. The summed E-state index contributed by atoms with van der Waals surface area (Å²) in [5, 5.41) is 10.1. The highest BCUT2D eigenvalue weighted by Crippen LogP contribution is 2.33. The predicted octanol–water partition coefficient (Wildman–Crippen LogP) is 10.8. The molecular weight excluding hydrogens is 990 g/mol. The SMILES string of the molecule is C.C[C@@H](O)C1CCN(c2ncc(C(F)(F)F)cn2)CC1.C[C@H](Oc1nc2ccc(Br)nc2s1)C1CCN(c2ncc(C(F)(F)F)cn2)CC1.Clc1nc2ccc(Br)nc2s1. The minimum atomic E-state index is -4.43. The number of piperidine rings is 2. The molecule has 0 unspecified atom stereocenters. The molecule has 0 saturated carbocycles. The summed E-state index contributed by atoms with van der Waals surface area (Å²) in [6.45, 7) is 6.41. The molecule has 0 aromatic carbocycles. The third-order valence-electron chi connectivity index (χ3n) is 9.61. The van der Waals surface area contributed by atoms with Crippen LogP contribution in [-0.2, 0) is 12.4 Å². The van der Waals surface area contributed by atoms with Crippen LogP contribution in [0.3, 0.4) is 0 Å². The molecule has 6 aromatic rings. The van der Waals surface area contributed by atoms with Gasteiger partial charge < -0.3 is 19.6 Å². The summed E-state index contributed by atoms with van der Waals surface area (Å²) in [4.78, 5) is 37.8. The van der Waals surface area contributed by atoms with Gasteiger partial charge in [-0.15, -0.1) is 0 Å². The fraction of sp³-hybridized carbons (Fsp3) is 0.459. The lowest BCUT2D eigenvalue weighted by atomic mass is 9.92. The maximum absolute atomic E-state index is 12.7. The number of anilines is 2. The van der Waals surface area contributed by atoms with Crippen molar-refractivity contribution in [1.82, 2.24) is 39.9 Å². The van der Waals surface area contributed by atoms with Gasteiger partial charge in [-0.3, -0.25) is 0 Å². The molecule has 0 aliphatic carbocycles. The van der Waals surface area contributed by atoms with Gasteiger partial charge in [0.25, 0.3) is 5.19 Å². The number of hydrogen-bond donors (Lipinski definition) is 1. The van der Waals surface area contributed by atoms with Gasteiger partial charge in [0.2, 0.25) is 11.9 Å². The smallest absolute Gasteiger partial charge is 0.419 e. The zero-order chi connectivity index (χ0) is 42.5. The molecular formula is C37H39Br2ClF6N10O2S2. The molecule has 0 amide bonds. The summed E-state index contributed by atoms with van der Waals surface area (Å²) < 4.78 is 83.2. The van der Waals surface area contributed by atoms with Gasteiger partial charge in [0.05, 0.1) is 17.2 Å². The maximum Gasteiger partial charge on any atom is 0.419 e. The zero-order valence-electron chi connectivity index (χ0n) is 31.1. The van der Waals surface area contributed by atoms with E-state index in [0.29, 0.717) is 53.7 Å². The summed E-state index contributed by atoms with van der Waals surface area (Å²) >= 11 is 15.1. The summed E-state index contributed by atoms with van der Waals surface area (Å²) in [6, 6.07) is 7.46. The predicted molar refractivity (Wildman–Crippen MR) is 228 cm³/mol. The first-order valence-electron chi connectivity index (χ1n) is 18.1. The van der Waals surface area contributed by atoms with Crippen LogP contribution >= 0.6 is 66.1 Å². The average Bonchev–Trinajstić information content (AvgIpc) is 3.78. The Morgan fingerprint density at radius 3 is 1.53 bits per heavy atom. The van der Waals surface area contributed by atoms with Crippen LogP contribution in [0.15, 0.2) is 58.3 Å². The zero-order valence-corrected chi connectivity index (χ0v) is 36.7. The standard InChI is InChI=1S/C18H17BrF3N5OS.C12H16F3N3O.C6H2BrClN2S.CH4/c1-10(28-17-25-13-2-3-14(19)26-15(13)29-17)11-4-6-27(7-5-11)16-23-8-12(9-24-16)18(20,21)22;1-8(19)9-2-4-18(5-3-9)11-16-6-10(7-17-11)12(13,14)15;7-4-2-1-3-5(10-4)11-6(8)9-3;/h2-3,8-11H,4-7H2,1H3;6-9,19H,2-5H2,1H3;1-2H;1H4/t10-;8-;;/m01../s1. The number of halogens is 9. The molecule has 6 aromatic heterocycles. The number of thiazole rings is 2. The molecule has 1 N–H and O–H groups in total. The van der Waals surface area contributed by atoms with Crippen molar-refractivity contribution in [3.8, 4) is 5.19 Å². The minimum Gasteiger partial charge on any atom is -0.467 e. The Balaban J connectivity index is 0.000000188. The molecule has 60 heavy (non-hydrogen) atoms. The van der Waals surface area contributed by atoms with E-state index in [1.54, 1.807) is 6.92 Å². The van der Waals surface area contributed by atoms with E-state index in [0.717, 1.165) is 80.4 Å². The van der Waals surface area contributed by atoms with E-state index < -0.39 is 23.5 Å². The summed E-state index contributed by atoms with van der Waals surface area (Å²) in [7, 11) is 0. The minimum absolute atomic E-state index is 0. The fourth-order valence-electron chi connectivity index (χ4n) is 6.26. The molecule has 2 saturated heterocycles. The van der Waals surface area contributed by atoms with Crippen molar-refractivity contribution in [3.63, 3.8) is 0 Å². The number of alkyl halides is 6. The molecule has 2 aliphatic heterocycles. The first kappa shape index (κ1) is 47.5. The van der Waals surface area contributed by atoms with Crippen LogP contribution in [0.25, 0.3) is 20.7 Å². The third kappa shape index (κ3) is 12.7. The number of fused-ring (bicyclic) bond motifs is 2. The molecule has 8 rings (SSSR count). The van der Waals surface area contributed by atoms with E-state index in [4.69, 9.17) is 16.3 Å². The Hall–Kier alpha value is -3.57. The van der Waals surface area contributed by atoms with E-state index in [2.05, 4.69) is 71.7 Å². The van der Waals surface area contributed by atoms with E-state index >= 15 is 0 Å². The molecule has 324 valence electrons. The van der Waals surface area contributed by atoms with Crippen molar-refractivity contribution in [2.24, 2.45) is 11.8 Å². The first-order chi connectivity index (χ1) is 27.9. The number of aliphatic hydroxyl groups excluding tert-OH is 1. The number of aliphatic hydroxyl groups is 1. The molecule has 0 bridgehead atoms. The van der Waals surface area contributed by atoms with E-state index in [9.17, 15) is 31.4 Å². The normalized spacial score (nSPS) is 16.3. The quantitative estimate of drug-likeness (QED) is 0.125. The van der Waals surface area contributed by atoms with Crippen molar-refractivity contribution >= 4 is 98.7 Å². The van der Waals surface area contributed by atoms with Crippen molar-refractivity contribution in [2.45, 2.75) is 71.5 Å². The molecule has 2 fully saturated rings. The highest BCUT2D eigenvalue weighted by Gasteiger charge is 2.33. The number of ether oxygens (including phenoxy) is 1. The van der Waals surface area contributed by atoms with E-state index in [1.165, 1.54) is 22.7 Å². The molecule has 8 heterocycles. The van der Waals surface area contributed by atoms with E-state index in [-0.39, 0.29) is 25.6 Å².